The first-order chi connectivity index (χ1) is 13.0. The minimum atomic E-state index is -0.526. The van der Waals surface area contributed by atoms with Crippen molar-refractivity contribution in [2.45, 2.75) is 6.42 Å². The number of amides is 3. The van der Waals surface area contributed by atoms with Crippen LogP contribution in [0.4, 0.5) is 11.4 Å². The fourth-order valence-electron chi connectivity index (χ4n) is 5.19. The van der Waals surface area contributed by atoms with Gasteiger partial charge in [0.1, 0.15) is 6.54 Å². The molecular formula is C19H17N3O5. The normalized spacial score (nSPS) is 35.0. The topological polar surface area (TPSA) is 110 Å². The lowest BCUT2D eigenvalue weighted by molar-refractivity contribution is -0.384. The van der Waals surface area contributed by atoms with Crippen LogP contribution < -0.4 is 5.32 Å². The molecule has 2 bridgehead atoms. The third-order valence-electron chi connectivity index (χ3n) is 6.42. The molecule has 5 aliphatic rings. The Balaban J connectivity index is 1.29. The van der Waals surface area contributed by atoms with Crippen LogP contribution in [0.3, 0.4) is 0 Å². The van der Waals surface area contributed by atoms with Crippen LogP contribution in [0.1, 0.15) is 6.42 Å². The first-order valence-electron chi connectivity index (χ1n) is 9.03. The van der Waals surface area contributed by atoms with E-state index >= 15 is 0 Å². The summed E-state index contributed by atoms with van der Waals surface area (Å²) in [5, 5.41) is 13.3. The Hall–Kier alpha value is -3.03. The largest absolute Gasteiger partial charge is 0.325 e. The molecule has 6 atom stereocenters. The van der Waals surface area contributed by atoms with Crippen LogP contribution in [0.15, 0.2) is 36.4 Å². The van der Waals surface area contributed by atoms with Gasteiger partial charge in [-0.25, -0.2) is 0 Å². The molecule has 1 saturated heterocycles. The average molecular weight is 367 g/mol. The van der Waals surface area contributed by atoms with Gasteiger partial charge in [0.2, 0.25) is 17.7 Å². The number of nitrogens with one attached hydrogen (secondary N) is 1. The van der Waals surface area contributed by atoms with Gasteiger partial charge in [0.15, 0.2) is 0 Å². The number of anilines is 1. The summed E-state index contributed by atoms with van der Waals surface area (Å²) in [4.78, 5) is 49.2. The molecule has 0 radical (unpaired) electrons. The second-order valence-corrected chi connectivity index (χ2v) is 7.77. The molecule has 3 fully saturated rings. The number of nitrogens with zero attached hydrogens (tertiary/aromatic N) is 2. The molecule has 1 N–H and O–H groups in total. The molecule has 1 heterocycles. The minimum absolute atomic E-state index is 0.0801. The van der Waals surface area contributed by atoms with Crippen LogP contribution in [0.2, 0.25) is 0 Å². The monoisotopic (exact) mass is 367 g/mol. The third kappa shape index (κ3) is 2.32. The highest BCUT2D eigenvalue weighted by atomic mass is 16.6. The van der Waals surface area contributed by atoms with E-state index in [4.69, 9.17) is 0 Å². The van der Waals surface area contributed by atoms with Crippen molar-refractivity contribution in [3.63, 3.8) is 0 Å². The van der Waals surface area contributed by atoms with Gasteiger partial charge >= 0.3 is 0 Å². The number of hydrogen-bond donors (Lipinski definition) is 1. The number of imide groups is 1. The summed E-state index contributed by atoms with van der Waals surface area (Å²) in [6.07, 6.45) is 5.27. The number of carbonyl (C=O) groups is 3. The molecule has 4 aliphatic carbocycles. The highest BCUT2D eigenvalue weighted by molar-refractivity contribution is 6.09. The highest BCUT2D eigenvalue weighted by Gasteiger charge is 2.67. The van der Waals surface area contributed by atoms with Crippen LogP contribution in [0.25, 0.3) is 0 Å². The summed E-state index contributed by atoms with van der Waals surface area (Å²) >= 11 is 0. The summed E-state index contributed by atoms with van der Waals surface area (Å²) in [5.41, 5.74) is 0.300. The Bertz CT molecular complexity index is 872. The lowest BCUT2D eigenvalue weighted by Crippen LogP contribution is -2.40. The molecule has 1 aromatic rings. The van der Waals surface area contributed by atoms with E-state index in [2.05, 4.69) is 17.5 Å². The first-order valence-corrected chi connectivity index (χ1v) is 9.03. The zero-order valence-electron chi connectivity index (χ0n) is 14.3. The maximum absolute atomic E-state index is 12.8. The maximum Gasteiger partial charge on any atom is 0.269 e. The fraction of sp³-hybridized carbons (Fsp3) is 0.421. The van der Waals surface area contributed by atoms with E-state index in [1.54, 1.807) is 0 Å². The number of nitro groups is 1. The van der Waals surface area contributed by atoms with E-state index < -0.39 is 10.8 Å². The average Bonchev–Trinajstić information content (AvgIpc) is 3.43. The summed E-state index contributed by atoms with van der Waals surface area (Å²) in [7, 11) is 0. The number of non-ortho nitro benzene ring substituents is 1. The van der Waals surface area contributed by atoms with Crippen LogP contribution in [0, 0.1) is 45.6 Å². The number of likely N-dealkylation sites (tertiary alicyclic amines) is 1. The van der Waals surface area contributed by atoms with Crippen molar-refractivity contribution in [3.05, 3.63) is 46.5 Å². The van der Waals surface area contributed by atoms with Gasteiger partial charge in [0.25, 0.3) is 5.69 Å². The predicted molar refractivity (Wildman–Crippen MR) is 93.1 cm³/mol. The minimum Gasteiger partial charge on any atom is -0.325 e. The summed E-state index contributed by atoms with van der Waals surface area (Å²) in [5.74, 6) is -0.309. The molecule has 0 aromatic heterocycles. The second-order valence-electron chi connectivity index (χ2n) is 7.77. The zero-order chi connectivity index (χ0) is 18.9. The summed E-state index contributed by atoms with van der Waals surface area (Å²) in [6.45, 7) is -0.323. The van der Waals surface area contributed by atoms with Gasteiger partial charge in [-0.05, 0) is 42.2 Å². The van der Waals surface area contributed by atoms with Crippen molar-refractivity contribution in [1.82, 2.24) is 4.90 Å². The van der Waals surface area contributed by atoms with Crippen molar-refractivity contribution in [2.24, 2.45) is 35.5 Å². The van der Waals surface area contributed by atoms with E-state index in [0.717, 1.165) is 11.3 Å². The maximum atomic E-state index is 12.8. The van der Waals surface area contributed by atoms with Crippen molar-refractivity contribution >= 4 is 29.1 Å². The number of benzene rings is 1. The predicted octanol–water partition coefficient (Wildman–Crippen LogP) is 1.59. The van der Waals surface area contributed by atoms with E-state index in [-0.39, 0.29) is 47.7 Å². The van der Waals surface area contributed by atoms with Gasteiger partial charge in [-0.2, -0.15) is 0 Å². The Labute approximate surface area is 154 Å². The van der Waals surface area contributed by atoms with Crippen molar-refractivity contribution in [3.8, 4) is 0 Å². The molecular weight excluding hydrogens is 350 g/mol. The Morgan fingerprint density at radius 1 is 1.07 bits per heavy atom. The molecule has 0 unspecified atom stereocenters. The van der Waals surface area contributed by atoms with Crippen molar-refractivity contribution in [1.29, 1.82) is 0 Å². The van der Waals surface area contributed by atoms with Gasteiger partial charge < -0.3 is 5.32 Å². The van der Waals surface area contributed by atoms with Gasteiger partial charge in [-0.15, -0.1) is 0 Å². The van der Waals surface area contributed by atoms with Gasteiger partial charge in [0.05, 0.1) is 16.8 Å². The molecule has 1 aromatic carbocycles. The van der Waals surface area contributed by atoms with Gasteiger partial charge in [-0.1, -0.05) is 12.2 Å². The summed E-state index contributed by atoms with van der Waals surface area (Å²) in [6, 6.07) is 5.40. The van der Waals surface area contributed by atoms with Crippen LogP contribution >= 0.6 is 0 Å². The van der Waals surface area contributed by atoms with Gasteiger partial charge in [-0.3, -0.25) is 29.4 Å². The molecule has 138 valence electrons. The number of allylic oxidation sites excluding steroid dienone is 2. The molecule has 2 saturated carbocycles. The second kappa shape index (κ2) is 5.48. The quantitative estimate of drug-likeness (QED) is 0.376. The van der Waals surface area contributed by atoms with E-state index in [1.807, 2.05) is 0 Å². The third-order valence-corrected chi connectivity index (χ3v) is 6.42. The van der Waals surface area contributed by atoms with Crippen molar-refractivity contribution < 1.29 is 19.3 Å². The molecule has 8 heteroatoms. The lowest BCUT2D eigenvalue weighted by Gasteiger charge is -2.37. The fourth-order valence-corrected chi connectivity index (χ4v) is 5.19. The number of hydrogen-bond acceptors (Lipinski definition) is 5. The van der Waals surface area contributed by atoms with Crippen molar-refractivity contribution in [2.75, 3.05) is 11.9 Å². The lowest BCUT2D eigenvalue weighted by atomic mass is 9.63. The SMILES string of the molecule is O=C(CN1C(=O)[C@@H]2[C@H]3C=C[C@@H]([C@@H]4C[C@H]34)[C@@H]2C1=O)Nc1ccc([N+](=O)[O-])cc1. The molecule has 1 aliphatic heterocycles. The molecule has 6 rings (SSSR count). The van der Waals surface area contributed by atoms with E-state index in [0.29, 0.717) is 17.5 Å². The van der Waals surface area contributed by atoms with E-state index in [1.165, 1.54) is 24.3 Å². The standard InChI is InChI=1S/C19H17N3O5/c23-15(20-9-1-3-10(4-2-9)22(26)27)8-21-18(24)16-11-5-6-12(14-7-13(11)14)17(16)19(21)25/h1-6,11-14,16-17H,7-8H2,(H,20,23)/t11-,12-,13-,14+,16-,17+/m0/s1. The zero-order valence-corrected chi connectivity index (χ0v) is 14.3. The molecule has 8 nitrogen and oxygen atoms in total. The highest BCUT2D eigenvalue weighted by Crippen LogP contribution is 2.65. The smallest absolute Gasteiger partial charge is 0.269 e. The Morgan fingerprint density at radius 2 is 1.63 bits per heavy atom. The van der Waals surface area contributed by atoms with Crippen LogP contribution in [-0.4, -0.2) is 34.1 Å². The number of rotatable bonds is 4. The molecule has 27 heavy (non-hydrogen) atoms. The molecule has 0 spiro atoms. The number of carbonyl (C=O) groups excluding carboxylic acids is 3. The van der Waals surface area contributed by atoms with Crippen LogP contribution in [0.5, 0.6) is 0 Å². The number of nitro benzene ring substituents is 1. The van der Waals surface area contributed by atoms with E-state index in [9.17, 15) is 24.5 Å². The molecule has 3 amide bonds. The Morgan fingerprint density at radius 3 is 2.15 bits per heavy atom. The Kier molecular flexibility index (Phi) is 3.28. The van der Waals surface area contributed by atoms with Gasteiger partial charge in [0, 0.05) is 17.8 Å². The first kappa shape index (κ1) is 16.2. The van der Waals surface area contributed by atoms with Crippen LogP contribution in [-0.2, 0) is 14.4 Å². The summed E-state index contributed by atoms with van der Waals surface area (Å²) < 4.78 is 0.